The Morgan fingerprint density at radius 2 is 2.28 bits per heavy atom. The molecule has 94 valence electrons. The third kappa shape index (κ3) is 2.94. The summed E-state index contributed by atoms with van der Waals surface area (Å²) in [4.78, 5) is 17.1. The lowest BCUT2D eigenvalue weighted by Crippen LogP contribution is -2.23. The fraction of sp³-hybridized carbons (Fsp3) is 0.231. The molecule has 5 heteroatoms. The zero-order valence-corrected chi connectivity index (χ0v) is 11.0. The van der Waals surface area contributed by atoms with Crippen LogP contribution in [0.4, 0.5) is 0 Å². The molecular weight excluding hydrogens is 246 g/mol. The number of pyridine rings is 1. The highest BCUT2D eigenvalue weighted by Gasteiger charge is 2.07. The predicted molar refractivity (Wildman–Crippen MR) is 72.4 cm³/mol. The second kappa shape index (κ2) is 5.75. The first-order valence-corrected chi connectivity index (χ1v) is 6.55. The number of aryl methyl sites for hydroxylation is 1. The molecule has 2 aromatic heterocycles. The predicted octanol–water partition coefficient (Wildman–Crippen LogP) is 1.84. The van der Waals surface area contributed by atoms with Crippen molar-refractivity contribution in [2.75, 3.05) is 0 Å². The van der Waals surface area contributed by atoms with Gasteiger partial charge in [-0.15, -0.1) is 11.3 Å². The number of carbonyl (C=O) groups excluding carboxylic acids is 1. The van der Waals surface area contributed by atoms with Crippen LogP contribution < -0.4 is 11.1 Å². The van der Waals surface area contributed by atoms with E-state index in [9.17, 15) is 4.79 Å². The van der Waals surface area contributed by atoms with E-state index in [0.29, 0.717) is 18.8 Å². The minimum Gasteiger partial charge on any atom is -0.346 e. The molecule has 0 spiro atoms. The highest BCUT2D eigenvalue weighted by Crippen LogP contribution is 2.14. The summed E-state index contributed by atoms with van der Waals surface area (Å²) in [5.74, 6) is -0.161. The Morgan fingerprint density at radius 1 is 1.44 bits per heavy atom. The molecule has 0 fully saturated rings. The van der Waals surface area contributed by atoms with Crippen molar-refractivity contribution in [3.05, 3.63) is 51.5 Å². The van der Waals surface area contributed by atoms with Crippen LogP contribution in [-0.2, 0) is 13.1 Å². The standard InChI is InChI=1S/C13H15N3OS/c1-9-4-5-18-12(9)8-16-13(17)11-3-2-10(6-14)7-15-11/h2-5,7H,6,8,14H2,1H3,(H,16,17). The topological polar surface area (TPSA) is 68.0 Å². The fourth-order valence-electron chi connectivity index (χ4n) is 1.52. The van der Waals surface area contributed by atoms with Gasteiger partial charge >= 0.3 is 0 Å². The molecule has 0 aliphatic carbocycles. The van der Waals surface area contributed by atoms with E-state index < -0.39 is 0 Å². The average molecular weight is 261 g/mol. The van der Waals surface area contributed by atoms with E-state index in [-0.39, 0.29) is 5.91 Å². The van der Waals surface area contributed by atoms with E-state index in [1.165, 1.54) is 10.4 Å². The van der Waals surface area contributed by atoms with Gasteiger partial charge in [-0.1, -0.05) is 6.07 Å². The lowest BCUT2D eigenvalue weighted by Gasteiger charge is -2.04. The third-order valence-electron chi connectivity index (χ3n) is 2.67. The van der Waals surface area contributed by atoms with Gasteiger partial charge in [-0.3, -0.25) is 9.78 Å². The zero-order chi connectivity index (χ0) is 13.0. The van der Waals surface area contributed by atoms with Gasteiger partial charge in [0, 0.05) is 17.6 Å². The van der Waals surface area contributed by atoms with Crippen molar-refractivity contribution in [1.82, 2.24) is 10.3 Å². The van der Waals surface area contributed by atoms with Gasteiger partial charge < -0.3 is 11.1 Å². The normalized spacial score (nSPS) is 10.3. The maximum Gasteiger partial charge on any atom is 0.270 e. The second-order valence-electron chi connectivity index (χ2n) is 3.97. The largest absolute Gasteiger partial charge is 0.346 e. The summed E-state index contributed by atoms with van der Waals surface area (Å²) in [5, 5.41) is 4.88. The molecule has 1 amide bonds. The minimum atomic E-state index is -0.161. The number of hydrogen-bond acceptors (Lipinski definition) is 4. The van der Waals surface area contributed by atoms with Gasteiger partial charge in [-0.2, -0.15) is 0 Å². The van der Waals surface area contributed by atoms with E-state index in [1.54, 1.807) is 23.6 Å². The molecule has 4 nitrogen and oxygen atoms in total. The quantitative estimate of drug-likeness (QED) is 0.882. The van der Waals surface area contributed by atoms with Crippen molar-refractivity contribution in [2.24, 2.45) is 5.73 Å². The first kappa shape index (κ1) is 12.7. The number of hydrogen-bond donors (Lipinski definition) is 2. The van der Waals surface area contributed by atoms with Crippen molar-refractivity contribution in [3.63, 3.8) is 0 Å². The Balaban J connectivity index is 1.97. The van der Waals surface area contributed by atoms with Crippen LogP contribution >= 0.6 is 11.3 Å². The molecule has 0 bridgehead atoms. The van der Waals surface area contributed by atoms with Crippen molar-refractivity contribution in [2.45, 2.75) is 20.0 Å². The maximum atomic E-state index is 11.9. The molecule has 3 N–H and O–H groups in total. The van der Waals surface area contributed by atoms with Crippen LogP contribution in [-0.4, -0.2) is 10.9 Å². The number of amides is 1. The molecule has 18 heavy (non-hydrogen) atoms. The van der Waals surface area contributed by atoms with Crippen LogP contribution in [0.3, 0.4) is 0 Å². The minimum absolute atomic E-state index is 0.161. The Bertz CT molecular complexity index is 533. The number of thiophene rings is 1. The Morgan fingerprint density at radius 3 is 2.83 bits per heavy atom. The monoisotopic (exact) mass is 261 g/mol. The lowest BCUT2D eigenvalue weighted by atomic mass is 10.2. The summed E-state index contributed by atoms with van der Waals surface area (Å²) in [6.45, 7) is 3.01. The van der Waals surface area contributed by atoms with E-state index in [2.05, 4.69) is 10.3 Å². The van der Waals surface area contributed by atoms with E-state index in [1.807, 2.05) is 24.4 Å². The number of rotatable bonds is 4. The van der Waals surface area contributed by atoms with Crippen molar-refractivity contribution in [3.8, 4) is 0 Å². The van der Waals surface area contributed by atoms with Crippen molar-refractivity contribution < 1.29 is 4.79 Å². The van der Waals surface area contributed by atoms with Crippen LogP contribution in [0.5, 0.6) is 0 Å². The van der Waals surface area contributed by atoms with Gasteiger partial charge in [0.25, 0.3) is 5.91 Å². The van der Waals surface area contributed by atoms with Gasteiger partial charge in [-0.05, 0) is 35.6 Å². The molecule has 0 aliphatic rings. The first-order chi connectivity index (χ1) is 8.70. The van der Waals surface area contributed by atoms with E-state index >= 15 is 0 Å². The molecule has 2 aromatic rings. The summed E-state index contributed by atoms with van der Waals surface area (Å²) in [6.07, 6.45) is 1.63. The van der Waals surface area contributed by atoms with Crippen LogP contribution in [0.2, 0.25) is 0 Å². The number of aromatic nitrogens is 1. The SMILES string of the molecule is Cc1ccsc1CNC(=O)c1ccc(CN)cn1. The van der Waals surface area contributed by atoms with Crippen LogP contribution in [0.1, 0.15) is 26.5 Å². The average Bonchev–Trinajstić information content (AvgIpc) is 2.81. The van der Waals surface area contributed by atoms with Crippen LogP contribution in [0.25, 0.3) is 0 Å². The molecule has 0 radical (unpaired) electrons. The molecule has 2 rings (SSSR count). The van der Waals surface area contributed by atoms with Gasteiger partial charge in [0.05, 0.1) is 6.54 Å². The molecule has 2 heterocycles. The van der Waals surface area contributed by atoms with Crippen LogP contribution in [0.15, 0.2) is 29.8 Å². The highest BCUT2D eigenvalue weighted by atomic mass is 32.1. The van der Waals surface area contributed by atoms with Crippen LogP contribution in [0, 0.1) is 6.92 Å². The van der Waals surface area contributed by atoms with E-state index in [4.69, 9.17) is 5.73 Å². The molecule has 0 saturated carbocycles. The summed E-state index contributed by atoms with van der Waals surface area (Å²) in [7, 11) is 0. The number of nitrogens with one attached hydrogen (secondary N) is 1. The molecular formula is C13H15N3OS. The number of nitrogens with two attached hydrogens (primary N) is 1. The number of nitrogens with zero attached hydrogens (tertiary/aromatic N) is 1. The Kier molecular flexibility index (Phi) is 4.07. The highest BCUT2D eigenvalue weighted by molar-refractivity contribution is 7.10. The molecule has 0 aromatic carbocycles. The second-order valence-corrected chi connectivity index (χ2v) is 4.97. The van der Waals surface area contributed by atoms with Crippen molar-refractivity contribution in [1.29, 1.82) is 0 Å². The lowest BCUT2D eigenvalue weighted by molar-refractivity contribution is 0.0946. The summed E-state index contributed by atoms with van der Waals surface area (Å²) in [5.41, 5.74) is 8.01. The Hall–Kier alpha value is -1.72. The molecule has 0 saturated heterocycles. The van der Waals surface area contributed by atoms with Gasteiger partial charge in [-0.25, -0.2) is 0 Å². The first-order valence-electron chi connectivity index (χ1n) is 5.67. The summed E-state index contributed by atoms with van der Waals surface area (Å²) in [6, 6.07) is 5.55. The summed E-state index contributed by atoms with van der Waals surface area (Å²) >= 11 is 1.64. The maximum absolute atomic E-state index is 11.9. The fourth-order valence-corrected chi connectivity index (χ4v) is 2.36. The van der Waals surface area contributed by atoms with Gasteiger partial charge in [0.15, 0.2) is 0 Å². The van der Waals surface area contributed by atoms with Crippen molar-refractivity contribution >= 4 is 17.2 Å². The third-order valence-corrected chi connectivity index (χ3v) is 3.69. The molecule has 0 atom stereocenters. The van der Waals surface area contributed by atoms with Gasteiger partial charge in [0.1, 0.15) is 5.69 Å². The molecule has 0 unspecified atom stereocenters. The zero-order valence-electron chi connectivity index (χ0n) is 10.1. The molecule has 0 aliphatic heterocycles. The van der Waals surface area contributed by atoms with E-state index in [0.717, 1.165) is 5.56 Å². The number of carbonyl (C=O) groups is 1. The smallest absolute Gasteiger partial charge is 0.270 e. The van der Waals surface area contributed by atoms with Gasteiger partial charge in [0.2, 0.25) is 0 Å². The Labute approximate surface area is 110 Å². The summed E-state index contributed by atoms with van der Waals surface area (Å²) < 4.78 is 0.